The lowest BCUT2D eigenvalue weighted by atomic mass is 10.3. The Kier molecular flexibility index (Phi) is 4.11. The third-order valence-corrected chi connectivity index (χ3v) is 3.35. The van der Waals surface area contributed by atoms with Crippen LogP contribution in [0.2, 0.25) is 5.02 Å². The number of hydrogen-bond acceptors (Lipinski definition) is 3. The summed E-state index contributed by atoms with van der Waals surface area (Å²) in [5.74, 6) is -2.09. The highest BCUT2D eigenvalue weighted by Gasteiger charge is 2.15. The molecule has 1 aromatic heterocycles. The normalized spacial score (nSPS) is 10.2. The quantitative estimate of drug-likeness (QED) is 0.785. The van der Waals surface area contributed by atoms with E-state index in [2.05, 4.69) is 5.32 Å². The monoisotopic (exact) mass is 391 g/mol. The third kappa shape index (κ3) is 3.27. The topological polar surface area (TPSA) is 79.5 Å². The summed E-state index contributed by atoms with van der Waals surface area (Å²) >= 11 is 7.84. The van der Waals surface area contributed by atoms with Crippen LogP contribution in [0.3, 0.4) is 0 Å². The van der Waals surface area contributed by atoms with Gasteiger partial charge in [-0.25, -0.2) is 4.79 Å². The molecule has 0 aliphatic carbocycles. The van der Waals surface area contributed by atoms with Crippen LogP contribution < -0.4 is 5.32 Å². The average molecular weight is 392 g/mol. The summed E-state index contributed by atoms with van der Waals surface area (Å²) in [4.78, 5) is 22.5. The summed E-state index contributed by atoms with van der Waals surface area (Å²) in [6.07, 6.45) is 0. The maximum atomic E-state index is 11.9. The summed E-state index contributed by atoms with van der Waals surface area (Å²) in [5, 5.41) is 11.9. The van der Waals surface area contributed by atoms with Crippen LogP contribution in [-0.2, 0) is 0 Å². The fraction of sp³-hybridized carbons (Fsp3) is 0. The van der Waals surface area contributed by atoms with E-state index in [0.29, 0.717) is 10.7 Å². The number of anilines is 1. The van der Waals surface area contributed by atoms with E-state index in [-0.39, 0.29) is 11.5 Å². The van der Waals surface area contributed by atoms with Crippen molar-refractivity contribution in [3.8, 4) is 0 Å². The smallest absolute Gasteiger partial charge is 0.371 e. The molecule has 0 fully saturated rings. The van der Waals surface area contributed by atoms with E-state index in [1.165, 1.54) is 12.1 Å². The van der Waals surface area contributed by atoms with E-state index in [4.69, 9.17) is 21.1 Å². The minimum atomic E-state index is -1.22. The largest absolute Gasteiger partial charge is 0.475 e. The summed E-state index contributed by atoms with van der Waals surface area (Å²) in [6.45, 7) is 0. The highest BCUT2D eigenvalue weighted by atomic mass is 127. The summed E-state index contributed by atoms with van der Waals surface area (Å²) < 4.78 is 5.67. The van der Waals surface area contributed by atoms with Crippen LogP contribution in [0.4, 0.5) is 5.69 Å². The molecule has 0 saturated heterocycles. The number of carboxylic acid groups (broad SMARTS) is 1. The van der Waals surface area contributed by atoms with Crippen LogP contribution in [0.1, 0.15) is 21.1 Å². The maximum absolute atomic E-state index is 11.9. The summed E-state index contributed by atoms with van der Waals surface area (Å²) in [6, 6.07) is 7.53. The molecule has 1 aromatic carbocycles. The first-order valence-electron chi connectivity index (χ1n) is 5.07. The molecule has 5 nitrogen and oxygen atoms in total. The second-order valence-electron chi connectivity index (χ2n) is 3.55. The molecule has 0 saturated carbocycles. The van der Waals surface area contributed by atoms with Crippen LogP contribution >= 0.6 is 34.2 Å². The second-order valence-corrected chi connectivity index (χ2v) is 5.15. The lowest BCUT2D eigenvalue weighted by Crippen LogP contribution is -2.11. The number of aromatic carboxylic acids is 1. The van der Waals surface area contributed by atoms with E-state index in [0.717, 1.165) is 3.57 Å². The van der Waals surface area contributed by atoms with Crippen molar-refractivity contribution in [2.45, 2.75) is 0 Å². The van der Waals surface area contributed by atoms with Gasteiger partial charge in [-0.2, -0.15) is 0 Å². The van der Waals surface area contributed by atoms with Gasteiger partial charge in [0.2, 0.25) is 5.76 Å². The molecule has 0 radical (unpaired) electrons. The first-order chi connectivity index (χ1) is 8.97. The predicted molar refractivity (Wildman–Crippen MR) is 77.8 cm³/mol. The molecule has 19 heavy (non-hydrogen) atoms. The Morgan fingerprint density at radius 2 is 1.89 bits per heavy atom. The first kappa shape index (κ1) is 13.9. The van der Waals surface area contributed by atoms with Crippen molar-refractivity contribution < 1.29 is 19.1 Å². The predicted octanol–water partition coefficient (Wildman–Crippen LogP) is 3.49. The van der Waals surface area contributed by atoms with Crippen molar-refractivity contribution in [2.24, 2.45) is 0 Å². The molecule has 2 aromatic rings. The van der Waals surface area contributed by atoms with Gasteiger partial charge in [0.05, 0.1) is 5.69 Å². The molecule has 2 rings (SSSR count). The molecule has 2 N–H and O–H groups in total. The molecule has 0 spiro atoms. The Hall–Kier alpha value is -1.54. The summed E-state index contributed by atoms with van der Waals surface area (Å²) in [7, 11) is 0. The van der Waals surface area contributed by atoms with Crippen molar-refractivity contribution in [3.05, 3.63) is 50.4 Å². The second kappa shape index (κ2) is 5.62. The zero-order chi connectivity index (χ0) is 14.0. The third-order valence-electron chi connectivity index (χ3n) is 2.22. The Morgan fingerprint density at radius 1 is 1.21 bits per heavy atom. The van der Waals surface area contributed by atoms with Crippen molar-refractivity contribution in [1.82, 2.24) is 0 Å². The SMILES string of the molecule is O=C(O)c1ccc(C(=O)Nc2ccc(Cl)cc2I)o1. The standard InChI is InChI=1S/C12H7ClINO4/c13-6-1-2-8(7(14)5-6)15-11(16)9-3-4-10(19-9)12(17)18/h1-5H,(H,15,16)(H,17,18). The van der Waals surface area contributed by atoms with Gasteiger partial charge in [-0.15, -0.1) is 0 Å². The van der Waals surface area contributed by atoms with E-state index < -0.39 is 11.9 Å². The maximum Gasteiger partial charge on any atom is 0.371 e. The molecule has 0 bridgehead atoms. The Labute approximate surface area is 126 Å². The molecule has 98 valence electrons. The van der Waals surface area contributed by atoms with Gasteiger partial charge in [0, 0.05) is 8.59 Å². The number of amides is 1. The Bertz CT molecular complexity index is 653. The fourth-order valence-corrected chi connectivity index (χ4v) is 2.36. The average Bonchev–Trinajstić information content (AvgIpc) is 2.82. The van der Waals surface area contributed by atoms with Crippen LogP contribution in [-0.4, -0.2) is 17.0 Å². The first-order valence-corrected chi connectivity index (χ1v) is 6.52. The van der Waals surface area contributed by atoms with Gasteiger partial charge >= 0.3 is 5.97 Å². The molecular formula is C12H7ClINO4. The van der Waals surface area contributed by atoms with Crippen LogP contribution in [0.15, 0.2) is 34.7 Å². The van der Waals surface area contributed by atoms with Crippen molar-refractivity contribution in [2.75, 3.05) is 5.32 Å². The van der Waals surface area contributed by atoms with Gasteiger partial charge in [0.1, 0.15) is 0 Å². The van der Waals surface area contributed by atoms with Gasteiger partial charge < -0.3 is 14.8 Å². The zero-order valence-corrected chi connectivity index (χ0v) is 12.2. The fourth-order valence-electron chi connectivity index (χ4n) is 1.35. The van der Waals surface area contributed by atoms with Crippen molar-refractivity contribution in [1.29, 1.82) is 0 Å². The Balaban J connectivity index is 2.18. The van der Waals surface area contributed by atoms with Gasteiger partial charge in [0.15, 0.2) is 5.76 Å². The number of benzene rings is 1. The van der Waals surface area contributed by atoms with Gasteiger partial charge in [-0.05, 0) is 52.9 Å². The highest BCUT2D eigenvalue weighted by Crippen LogP contribution is 2.23. The molecular weight excluding hydrogens is 384 g/mol. The van der Waals surface area contributed by atoms with Gasteiger partial charge in [0.25, 0.3) is 5.91 Å². The number of hydrogen-bond donors (Lipinski definition) is 2. The van der Waals surface area contributed by atoms with E-state index in [1.54, 1.807) is 18.2 Å². The highest BCUT2D eigenvalue weighted by molar-refractivity contribution is 14.1. The lowest BCUT2D eigenvalue weighted by Gasteiger charge is -2.05. The summed E-state index contributed by atoms with van der Waals surface area (Å²) in [5.41, 5.74) is 0.572. The molecule has 1 heterocycles. The van der Waals surface area contributed by atoms with Crippen molar-refractivity contribution >= 4 is 51.8 Å². The number of carbonyl (C=O) groups excluding carboxylic acids is 1. The van der Waals surface area contributed by atoms with E-state index >= 15 is 0 Å². The molecule has 0 aliphatic rings. The number of carboxylic acids is 1. The Morgan fingerprint density at radius 3 is 2.47 bits per heavy atom. The van der Waals surface area contributed by atoms with E-state index in [9.17, 15) is 9.59 Å². The molecule has 7 heteroatoms. The number of furan rings is 1. The lowest BCUT2D eigenvalue weighted by molar-refractivity contribution is 0.0660. The zero-order valence-electron chi connectivity index (χ0n) is 9.31. The molecule has 0 unspecified atom stereocenters. The number of rotatable bonds is 3. The number of halogens is 2. The molecule has 0 atom stereocenters. The number of nitrogens with one attached hydrogen (secondary N) is 1. The van der Waals surface area contributed by atoms with Gasteiger partial charge in [-0.1, -0.05) is 11.6 Å². The minimum Gasteiger partial charge on any atom is -0.475 e. The van der Waals surface area contributed by atoms with Crippen LogP contribution in [0.25, 0.3) is 0 Å². The van der Waals surface area contributed by atoms with Crippen LogP contribution in [0, 0.1) is 3.57 Å². The number of carbonyl (C=O) groups is 2. The molecule has 1 amide bonds. The van der Waals surface area contributed by atoms with Gasteiger partial charge in [-0.3, -0.25) is 4.79 Å². The van der Waals surface area contributed by atoms with E-state index in [1.807, 2.05) is 22.6 Å². The van der Waals surface area contributed by atoms with Crippen molar-refractivity contribution in [3.63, 3.8) is 0 Å². The minimum absolute atomic E-state index is 0.0665. The van der Waals surface area contributed by atoms with Crippen LogP contribution in [0.5, 0.6) is 0 Å². The molecule has 0 aliphatic heterocycles.